The average molecular weight is 404 g/mol. The zero-order valence-corrected chi connectivity index (χ0v) is 18.8. The van der Waals surface area contributed by atoms with Gasteiger partial charge in [0.15, 0.2) is 5.78 Å². The van der Waals surface area contributed by atoms with Crippen LogP contribution in [-0.4, -0.2) is 18.9 Å². The Hall–Kier alpha value is -2.75. The van der Waals surface area contributed by atoms with Gasteiger partial charge in [-0.1, -0.05) is 32.0 Å². The molecule has 0 fully saturated rings. The maximum Gasteiger partial charge on any atom is 0.163 e. The van der Waals surface area contributed by atoms with Crippen molar-refractivity contribution in [1.82, 2.24) is 0 Å². The van der Waals surface area contributed by atoms with Crippen LogP contribution in [0.1, 0.15) is 57.7 Å². The van der Waals surface area contributed by atoms with Crippen LogP contribution in [0.3, 0.4) is 0 Å². The molecule has 158 valence electrons. The first-order chi connectivity index (χ1) is 14.3. The van der Waals surface area contributed by atoms with E-state index in [9.17, 15) is 4.79 Å². The van der Waals surface area contributed by atoms with Crippen molar-refractivity contribution in [3.8, 4) is 0 Å². The van der Waals surface area contributed by atoms with Crippen LogP contribution in [0.4, 0.5) is 17.1 Å². The van der Waals surface area contributed by atoms with Gasteiger partial charge < -0.3 is 15.5 Å². The first kappa shape index (κ1) is 20.5. The number of hydrogen-bond acceptors (Lipinski definition) is 4. The summed E-state index contributed by atoms with van der Waals surface area (Å²) in [5, 5.41) is 7.31. The van der Waals surface area contributed by atoms with Crippen LogP contribution in [0.25, 0.3) is 0 Å². The number of Topliss-reactive ketones (excluding diaryl/α,β-unsaturated/α-hetero) is 1. The fourth-order valence-electron chi connectivity index (χ4n) is 4.77. The van der Waals surface area contributed by atoms with Crippen LogP contribution in [0, 0.1) is 12.3 Å². The highest BCUT2D eigenvalue weighted by molar-refractivity contribution is 6.01. The zero-order chi connectivity index (χ0) is 21.5. The van der Waals surface area contributed by atoms with Crippen LogP contribution in [0.5, 0.6) is 0 Å². The number of ketones is 1. The maximum absolute atomic E-state index is 13.3. The van der Waals surface area contributed by atoms with E-state index < -0.39 is 0 Å². The fraction of sp³-hybridized carbons (Fsp3) is 0.423. The normalized spacial score (nSPS) is 19.9. The Balaban J connectivity index is 1.80. The van der Waals surface area contributed by atoms with Crippen LogP contribution in [-0.2, 0) is 4.79 Å². The molecule has 0 saturated heterocycles. The molecule has 2 aromatic carbocycles. The second kappa shape index (κ2) is 7.82. The van der Waals surface area contributed by atoms with E-state index in [0.717, 1.165) is 47.7 Å². The number of nitrogens with zero attached hydrogens (tertiary/aromatic N) is 1. The molecule has 30 heavy (non-hydrogen) atoms. The third-order valence-corrected chi connectivity index (χ3v) is 6.32. The minimum atomic E-state index is -0.148. The molecule has 0 saturated carbocycles. The van der Waals surface area contributed by atoms with Crippen molar-refractivity contribution in [2.24, 2.45) is 5.41 Å². The molecule has 4 heteroatoms. The number of aryl methyl sites for hydroxylation is 1. The predicted octanol–water partition coefficient (Wildman–Crippen LogP) is 6.06. The number of hydrogen-bond donors (Lipinski definition) is 2. The summed E-state index contributed by atoms with van der Waals surface area (Å²) >= 11 is 0. The molecule has 0 unspecified atom stereocenters. The third kappa shape index (κ3) is 3.83. The first-order valence-corrected chi connectivity index (χ1v) is 11.1. The fourth-order valence-corrected chi connectivity index (χ4v) is 4.77. The second-order valence-electron chi connectivity index (χ2n) is 9.35. The number of rotatable bonds is 4. The van der Waals surface area contributed by atoms with Crippen molar-refractivity contribution in [3.05, 3.63) is 64.9 Å². The van der Waals surface area contributed by atoms with Crippen LogP contribution in [0.15, 0.2) is 53.7 Å². The maximum atomic E-state index is 13.3. The highest BCUT2D eigenvalue weighted by Gasteiger charge is 2.38. The summed E-state index contributed by atoms with van der Waals surface area (Å²) in [5.41, 5.74) is 7.55. The van der Waals surface area contributed by atoms with Gasteiger partial charge in [-0.2, -0.15) is 0 Å². The monoisotopic (exact) mass is 403 g/mol. The SMILES string of the molecule is CCN(CC)c1ccc([C@@H]2Nc3cc(C)ccc3NC3=C2C(=O)CC(C)(C)C3)cc1. The molecule has 1 aliphatic carbocycles. The van der Waals surface area contributed by atoms with Gasteiger partial charge in [-0.25, -0.2) is 0 Å². The van der Waals surface area contributed by atoms with Gasteiger partial charge in [0.25, 0.3) is 0 Å². The molecule has 0 bridgehead atoms. The molecule has 0 radical (unpaired) electrons. The molecule has 1 aliphatic heterocycles. The van der Waals surface area contributed by atoms with E-state index >= 15 is 0 Å². The van der Waals surface area contributed by atoms with Gasteiger partial charge >= 0.3 is 0 Å². The smallest absolute Gasteiger partial charge is 0.163 e. The summed E-state index contributed by atoms with van der Waals surface area (Å²) in [6.07, 6.45) is 1.45. The van der Waals surface area contributed by atoms with Gasteiger partial charge in [-0.05, 0) is 68.0 Å². The van der Waals surface area contributed by atoms with Gasteiger partial charge in [0.2, 0.25) is 0 Å². The Bertz CT molecular complexity index is 984. The second-order valence-corrected chi connectivity index (χ2v) is 9.35. The van der Waals surface area contributed by atoms with E-state index in [4.69, 9.17) is 0 Å². The van der Waals surface area contributed by atoms with Crippen LogP contribution >= 0.6 is 0 Å². The van der Waals surface area contributed by atoms with Gasteiger partial charge in [-0.15, -0.1) is 0 Å². The zero-order valence-electron chi connectivity index (χ0n) is 18.8. The van der Waals surface area contributed by atoms with Gasteiger partial charge in [0, 0.05) is 36.5 Å². The summed E-state index contributed by atoms with van der Waals surface area (Å²) < 4.78 is 0. The minimum Gasteiger partial charge on any atom is -0.372 e. The lowest BCUT2D eigenvalue weighted by molar-refractivity contribution is -0.118. The standard InChI is InChI=1S/C26H33N3O/c1-6-29(7-2)19-11-9-18(10-12-19)25-24-22(15-26(4,5)16-23(24)30)27-20-13-8-17(3)14-21(20)28-25/h8-14,25,27-28H,6-7,15-16H2,1-5H3/t25-/m0/s1. The molecular formula is C26H33N3O. The molecule has 2 aromatic rings. The Morgan fingerprint density at radius 2 is 1.70 bits per heavy atom. The average Bonchev–Trinajstić information content (AvgIpc) is 2.85. The summed E-state index contributed by atoms with van der Waals surface area (Å²) in [5.74, 6) is 0.239. The summed E-state index contributed by atoms with van der Waals surface area (Å²) in [7, 11) is 0. The third-order valence-electron chi connectivity index (χ3n) is 6.32. The lowest BCUT2D eigenvalue weighted by Gasteiger charge is -2.34. The molecule has 0 aromatic heterocycles. The lowest BCUT2D eigenvalue weighted by atomic mass is 9.73. The number of benzene rings is 2. The van der Waals surface area contributed by atoms with Gasteiger partial charge in [-0.3, -0.25) is 4.79 Å². The summed E-state index contributed by atoms with van der Waals surface area (Å²) in [6, 6.07) is 14.9. The van der Waals surface area contributed by atoms with E-state index in [1.807, 2.05) is 0 Å². The molecule has 4 nitrogen and oxygen atoms in total. The lowest BCUT2D eigenvalue weighted by Crippen LogP contribution is -2.31. The Kier molecular flexibility index (Phi) is 5.35. The number of anilines is 3. The molecule has 2 aliphatic rings. The van der Waals surface area contributed by atoms with Crippen molar-refractivity contribution >= 4 is 22.8 Å². The van der Waals surface area contributed by atoms with Crippen molar-refractivity contribution in [3.63, 3.8) is 0 Å². The van der Waals surface area contributed by atoms with E-state index in [-0.39, 0.29) is 17.2 Å². The number of carbonyl (C=O) groups excluding carboxylic acids is 1. The largest absolute Gasteiger partial charge is 0.372 e. The Labute approximate surface area is 180 Å². The van der Waals surface area contributed by atoms with Crippen LogP contribution in [0.2, 0.25) is 0 Å². The van der Waals surface area contributed by atoms with Crippen molar-refractivity contribution in [1.29, 1.82) is 0 Å². The number of nitrogens with one attached hydrogen (secondary N) is 2. The van der Waals surface area contributed by atoms with Crippen LogP contribution < -0.4 is 15.5 Å². The number of fused-ring (bicyclic) bond motifs is 1. The summed E-state index contributed by atoms with van der Waals surface area (Å²) in [4.78, 5) is 15.7. The van der Waals surface area contributed by atoms with Crippen molar-refractivity contribution < 1.29 is 4.79 Å². The molecule has 1 atom stereocenters. The topological polar surface area (TPSA) is 44.4 Å². The number of allylic oxidation sites excluding steroid dienone is 1. The van der Waals surface area contributed by atoms with Crippen molar-refractivity contribution in [2.75, 3.05) is 28.6 Å². The van der Waals surface area contributed by atoms with Crippen molar-refractivity contribution in [2.45, 2.75) is 53.5 Å². The Morgan fingerprint density at radius 1 is 1.00 bits per heavy atom. The summed E-state index contributed by atoms with van der Waals surface area (Å²) in [6.45, 7) is 12.8. The van der Waals surface area contributed by atoms with Gasteiger partial charge in [0.05, 0.1) is 17.4 Å². The quantitative estimate of drug-likeness (QED) is 0.651. The highest BCUT2D eigenvalue weighted by atomic mass is 16.1. The molecule has 1 heterocycles. The van der Waals surface area contributed by atoms with E-state index in [1.54, 1.807) is 0 Å². The number of carbonyl (C=O) groups is 1. The van der Waals surface area contributed by atoms with Gasteiger partial charge in [0.1, 0.15) is 0 Å². The minimum absolute atomic E-state index is 0.0325. The molecule has 4 rings (SSSR count). The molecule has 0 spiro atoms. The van der Waals surface area contributed by atoms with E-state index in [0.29, 0.717) is 6.42 Å². The molecule has 2 N–H and O–H groups in total. The molecule has 0 amide bonds. The van der Waals surface area contributed by atoms with E-state index in [2.05, 4.69) is 92.6 Å². The first-order valence-electron chi connectivity index (χ1n) is 11.1. The highest BCUT2D eigenvalue weighted by Crippen LogP contribution is 2.45. The van der Waals surface area contributed by atoms with E-state index in [1.165, 1.54) is 11.3 Å². The molecular weight excluding hydrogens is 370 g/mol. The Morgan fingerprint density at radius 3 is 2.37 bits per heavy atom. The predicted molar refractivity (Wildman–Crippen MR) is 126 cm³/mol.